The molecule has 1 aliphatic carbocycles. The summed E-state index contributed by atoms with van der Waals surface area (Å²) in [5.74, 6) is -0.882. The number of likely N-dealkylation sites (tertiary alicyclic amines) is 1. The lowest BCUT2D eigenvalue weighted by Gasteiger charge is -2.27. The molecule has 0 aromatic heterocycles. The Labute approximate surface area is 196 Å². The van der Waals surface area contributed by atoms with Gasteiger partial charge in [-0.15, -0.1) is 0 Å². The van der Waals surface area contributed by atoms with Gasteiger partial charge in [-0.1, -0.05) is 12.1 Å². The molecule has 7 heteroatoms. The number of carbonyl (C=O) groups is 2. The number of nitrogens with zero attached hydrogens (tertiary/aromatic N) is 1. The smallest absolute Gasteiger partial charge is 0.254 e. The third-order valence-corrected chi connectivity index (χ3v) is 7.18. The number of methoxy groups -OCH3 is 1. The molecule has 172 valence electrons. The molecule has 2 atom stereocenters. The molecule has 0 unspecified atom stereocenters. The molecule has 2 aliphatic heterocycles. The van der Waals surface area contributed by atoms with Crippen molar-refractivity contribution < 1.29 is 23.5 Å². The molecule has 0 radical (unpaired) electrons. The number of benzene rings is 3. The Balaban J connectivity index is 1.43. The minimum atomic E-state index is -0.538. The molecule has 3 aromatic carbocycles. The van der Waals surface area contributed by atoms with Crippen LogP contribution in [0.3, 0.4) is 0 Å². The van der Waals surface area contributed by atoms with Gasteiger partial charge in [-0.3, -0.25) is 9.59 Å². The number of amides is 2. The Bertz CT molecular complexity index is 1370. The molecule has 34 heavy (non-hydrogen) atoms. The highest BCUT2D eigenvalue weighted by molar-refractivity contribution is 6.01. The molecule has 0 saturated carbocycles. The average Bonchev–Trinajstić information content (AvgIpc) is 3.56. The highest BCUT2D eigenvalue weighted by Gasteiger charge is 2.41. The van der Waals surface area contributed by atoms with Crippen LogP contribution in [0.25, 0.3) is 22.3 Å². The quantitative estimate of drug-likeness (QED) is 0.505. The molecule has 2 fully saturated rings. The van der Waals surface area contributed by atoms with Crippen LogP contribution in [-0.2, 0) is 11.2 Å². The number of rotatable bonds is 4. The van der Waals surface area contributed by atoms with Gasteiger partial charge in [0.15, 0.2) is 11.6 Å². The zero-order valence-corrected chi connectivity index (χ0v) is 18.6. The molecule has 3 aliphatic rings. The molecular weight excluding hydrogens is 435 g/mol. The van der Waals surface area contributed by atoms with Crippen LogP contribution in [0.1, 0.15) is 38.3 Å². The van der Waals surface area contributed by atoms with Crippen molar-refractivity contribution in [2.24, 2.45) is 5.73 Å². The van der Waals surface area contributed by atoms with E-state index < -0.39 is 11.7 Å². The standard InChI is InChI=1S/C27H23FN2O4/c1-33-25-5-4-14(10-24(25)28)17-8-21-20-7-16(27(32)30-12-19-11-18(30)13-34-19)3-2-15(20)6-22(21)23(9-17)26(29)31/h2-5,7-10,18-19H,6,11-13H2,1H3,(H2,29,31)/t18-,19-/m0/s1. The van der Waals surface area contributed by atoms with Gasteiger partial charge in [0.1, 0.15) is 0 Å². The van der Waals surface area contributed by atoms with Crippen LogP contribution in [0.2, 0.25) is 0 Å². The van der Waals surface area contributed by atoms with E-state index >= 15 is 0 Å². The van der Waals surface area contributed by atoms with Gasteiger partial charge in [-0.2, -0.15) is 0 Å². The zero-order valence-electron chi connectivity index (χ0n) is 18.6. The Kier molecular flexibility index (Phi) is 4.71. The van der Waals surface area contributed by atoms with Crippen molar-refractivity contribution in [3.8, 4) is 28.0 Å². The van der Waals surface area contributed by atoms with Crippen LogP contribution in [0.5, 0.6) is 5.75 Å². The fourth-order valence-electron chi connectivity index (χ4n) is 5.45. The SMILES string of the molecule is COc1ccc(-c2cc(C(N)=O)c3c(c2)-c2cc(C(=O)N4C[C@@H]5C[C@H]4CO5)ccc2C3)cc1F. The first-order valence-corrected chi connectivity index (χ1v) is 11.3. The van der Waals surface area contributed by atoms with Crippen LogP contribution in [0, 0.1) is 5.82 Å². The van der Waals surface area contributed by atoms with E-state index in [9.17, 15) is 14.0 Å². The van der Waals surface area contributed by atoms with Crippen molar-refractivity contribution >= 4 is 11.8 Å². The second kappa shape index (κ2) is 7.67. The number of hydrogen-bond acceptors (Lipinski definition) is 4. The normalized spacial score (nSPS) is 19.8. The summed E-state index contributed by atoms with van der Waals surface area (Å²) in [6.07, 6.45) is 1.58. The van der Waals surface area contributed by atoms with E-state index in [4.69, 9.17) is 15.2 Å². The van der Waals surface area contributed by atoms with Gasteiger partial charge >= 0.3 is 0 Å². The summed E-state index contributed by atoms with van der Waals surface area (Å²) >= 11 is 0. The van der Waals surface area contributed by atoms with E-state index in [2.05, 4.69) is 0 Å². The van der Waals surface area contributed by atoms with Gasteiger partial charge in [-0.25, -0.2) is 4.39 Å². The number of hydrogen-bond donors (Lipinski definition) is 1. The van der Waals surface area contributed by atoms with Gasteiger partial charge in [0.2, 0.25) is 5.91 Å². The van der Waals surface area contributed by atoms with Crippen molar-refractivity contribution in [3.05, 3.63) is 76.6 Å². The largest absolute Gasteiger partial charge is 0.494 e. The van der Waals surface area contributed by atoms with E-state index in [1.54, 1.807) is 18.2 Å². The summed E-state index contributed by atoms with van der Waals surface area (Å²) in [4.78, 5) is 27.5. The third kappa shape index (κ3) is 3.19. The van der Waals surface area contributed by atoms with Crippen LogP contribution >= 0.6 is 0 Å². The lowest BCUT2D eigenvalue weighted by atomic mass is 9.93. The van der Waals surface area contributed by atoms with Crippen LogP contribution < -0.4 is 10.5 Å². The molecule has 2 heterocycles. The Hall–Kier alpha value is -3.71. The molecule has 2 bridgehead atoms. The molecule has 2 saturated heterocycles. The van der Waals surface area contributed by atoms with Crippen molar-refractivity contribution in [1.29, 1.82) is 0 Å². The number of ether oxygens (including phenoxy) is 2. The predicted molar refractivity (Wildman–Crippen MR) is 124 cm³/mol. The third-order valence-electron chi connectivity index (χ3n) is 7.18. The van der Waals surface area contributed by atoms with E-state index in [0.29, 0.717) is 41.8 Å². The summed E-state index contributed by atoms with van der Waals surface area (Å²) < 4.78 is 25.0. The zero-order chi connectivity index (χ0) is 23.6. The number of carbonyl (C=O) groups excluding carboxylic acids is 2. The van der Waals surface area contributed by atoms with Gasteiger partial charge in [-0.05, 0) is 82.6 Å². The summed E-state index contributed by atoms with van der Waals surface area (Å²) in [6.45, 7) is 1.21. The van der Waals surface area contributed by atoms with Gasteiger partial charge < -0.3 is 20.1 Å². The van der Waals surface area contributed by atoms with E-state index in [0.717, 1.165) is 28.7 Å². The minimum absolute atomic E-state index is 0.00412. The van der Waals surface area contributed by atoms with Crippen LogP contribution in [0.4, 0.5) is 4.39 Å². The Morgan fingerprint density at radius 3 is 2.62 bits per heavy atom. The monoisotopic (exact) mass is 458 g/mol. The number of primary amides is 1. The second-order valence-corrected chi connectivity index (χ2v) is 9.11. The van der Waals surface area contributed by atoms with Crippen molar-refractivity contribution in [2.45, 2.75) is 25.0 Å². The molecule has 3 aromatic rings. The maximum absolute atomic E-state index is 14.4. The van der Waals surface area contributed by atoms with Gasteiger partial charge in [0, 0.05) is 17.7 Å². The van der Waals surface area contributed by atoms with Crippen molar-refractivity contribution in [3.63, 3.8) is 0 Å². The maximum Gasteiger partial charge on any atom is 0.254 e. The first-order valence-electron chi connectivity index (χ1n) is 11.3. The molecular formula is C27H23FN2O4. The second-order valence-electron chi connectivity index (χ2n) is 9.11. The van der Waals surface area contributed by atoms with Crippen molar-refractivity contribution in [2.75, 3.05) is 20.3 Å². The summed E-state index contributed by atoms with van der Waals surface area (Å²) in [5, 5.41) is 0. The molecule has 2 amide bonds. The van der Waals surface area contributed by atoms with Gasteiger partial charge in [0.05, 0.1) is 25.9 Å². The maximum atomic E-state index is 14.4. The highest BCUT2D eigenvalue weighted by atomic mass is 19.1. The minimum Gasteiger partial charge on any atom is -0.494 e. The van der Waals surface area contributed by atoms with Crippen LogP contribution in [-0.4, -0.2) is 49.1 Å². The average molecular weight is 458 g/mol. The number of halogens is 1. The van der Waals surface area contributed by atoms with Crippen molar-refractivity contribution in [1.82, 2.24) is 4.90 Å². The molecule has 2 N–H and O–H groups in total. The lowest BCUT2D eigenvalue weighted by molar-refractivity contribution is 0.0259. The Morgan fingerprint density at radius 2 is 1.94 bits per heavy atom. The number of morpholine rings is 1. The van der Waals surface area contributed by atoms with Crippen LogP contribution in [0.15, 0.2) is 48.5 Å². The fraction of sp³-hybridized carbons (Fsp3) is 0.259. The molecule has 6 nitrogen and oxygen atoms in total. The van der Waals surface area contributed by atoms with E-state index in [1.165, 1.54) is 13.2 Å². The number of nitrogens with two attached hydrogens (primary N) is 1. The summed E-state index contributed by atoms with van der Waals surface area (Å²) in [7, 11) is 1.41. The predicted octanol–water partition coefficient (Wildman–Crippen LogP) is 3.78. The summed E-state index contributed by atoms with van der Waals surface area (Å²) in [5.41, 5.74) is 11.6. The first kappa shape index (κ1) is 20.9. The molecule has 6 rings (SSSR count). The highest BCUT2D eigenvalue weighted by Crippen LogP contribution is 2.42. The topological polar surface area (TPSA) is 81.9 Å². The Morgan fingerprint density at radius 1 is 1.09 bits per heavy atom. The lowest BCUT2D eigenvalue weighted by Crippen LogP contribution is -2.41. The number of fused-ring (bicyclic) bond motifs is 5. The van der Waals surface area contributed by atoms with E-state index in [-0.39, 0.29) is 23.8 Å². The van der Waals surface area contributed by atoms with E-state index in [1.807, 2.05) is 29.2 Å². The van der Waals surface area contributed by atoms with Gasteiger partial charge in [0.25, 0.3) is 5.91 Å². The first-order chi connectivity index (χ1) is 16.4. The summed E-state index contributed by atoms with van der Waals surface area (Å²) in [6, 6.07) is 14.2. The fourth-order valence-corrected chi connectivity index (χ4v) is 5.45. The molecule has 0 spiro atoms.